The van der Waals surface area contributed by atoms with Gasteiger partial charge in [-0.2, -0.15) is 5.26 Å². The van der Waals surface area contributed by atoms with Gasteiger partial charge in [0.1, 0.15) is 5.78 Å². The quantitative estimate of drug-likeness (QED) is 0.841. The molecule has 0 aromatic heterocycles. The Kier molecular flexibility index (Phi) is 4.05. The highest BCUT2D eigenvalue weighted by molar-refractivity contribution is 9.10. The fraction of sp³-hybridized carbons (Fsp3) is 0.333. The van der Waals surface area contributed by atoms with Gasteiger partial charge in [0.2, 0.25) is 0 Å². The fourth-order valence-electron chi connectivity index (χ4n) is 1.59. The molecule has 0 bridgehead atoms. The molecule has 2 nitrogen and oxygen atoms in total. The van der Waals surface area contributed by atoms with E-state index in [4.69, 9.17) is 5.26 Å². The van der Waals surface area contributed by atoms with Crippen molar-refractivity contribution >= 4 is 21.7 Å². The van der Waals surface area contributed by atoms with Gasteiger partial charge in [-0.3, -0.25) is 4.79 Å². The molecule has 78 valence electrons. The molecule has 0 radical (unpaired) electrons. The molecule has 1 aromatic carbocycles. The maximum atomic E-state index is 11.0. The van der Waals surface area contributed by atoms with Crippen LogP contribution in [0.5, 0.6) is 0 Å². The summed E-state index contributed by atoms with van der Waals surface area (Å²) in [5.74, 6) is -0.310. The van der Waals surface area contributed by atoms with Gasteiger partial charge >= 0.3 is 0 Å². The molecule has 1 aromatic rings. The summed E-state index contributed by atoms with van der Waals surface area (Å²) in [5.41, 5.74) is 1.97. The lowest BCUT2D eigenvalue weighted by Crippen LogP contribution is -2.04. The van der Waals surface area contributed by atoms with Crippen molar-refractivity contribution in [1.29, 1.82) is 5.26 Å². The molecule has 1 unspecified atom stereocenters. The number of nitrogens with zero attached hydrogens (tertiary/aromatic N) is 1. The SMILES string of the molecule is CC(=O)CC(C#N)c1c(C)cccc1Br. The molecule has 0 heterocycles. The van der Waals surface area contributed by atoms with Gasteiger partial charge in [0.05, 0.1) is 12.0 Å². The summed E-state index contributed by atoms with van der Waals surface area (Å²) in [6.45, 7) is 3.46. The Hall–Kier alpha value is -1.14. The molecule has 1 atom stereocenters. The minimum Gasteiger partial charge on any atom is -0.300 e. The summed E-state index contributed by atoms with van der Waals surface area (Å²) in [6, 6.07) is 7.95. The van der Waals surface area contributed by atoms with Crippen LogP contribution in [0.2, 0.25) is 0 Å². The van der Waals surface area contributed by atoms with Crippen LogP contribution < -0.4 is 0 Å². The van der Waals surface area contributed by atoms with E-state index in [0.717, 1.165) is 15.6 Å². The molecule has 0 saturated heterocycles. The molecule has 0 spiro atoms. The molecule has 0 fully saturated rings. The van der Waals surface area contributed by atoms with Crippen molar-refractivity contribution in [2.45, 2.75) is 26.2 Å². The van der Waals surface area contributed by atoms with Crippen molar-refractivity contribution in [1.82, 2.24) is 0 Å². The Bertz CT molecular complexity index is 400. The topological polar surface area (TPSA) is 40.9 Å². The third kappa shape index (κ3) is 2.90. The van der Waals surface area contributed by atoms with E-state index in [1.165, 1.54) is 6.92 Å². The zero-order valence-electron chi connectivity index (χ0n) is 8.75. The Morgan fingerprint density at radius 2 is 2.27 bits per heavy atom. The number of Topliss-reactive ketones (excluding diaryl/α,β-unsaturated/α-hetero) is 1. The average Bonchev–Trinajstić information content (AvgIpc) is 2.15. The monoisotopic (exact) mass is 265 g/mol. The number of rotatable bonds is 3. The van der Waals surface area contributed by atoms with Gasteiger partial charge in [-0.25, -0.2) is 0 Å². The van der Waals surface area contributed by atoms with E-state index in [9.17, 15) is 4.79 Å². The third-order valence-electron chi connectivity index (χ3n) is 2.27. The summed E-state index contributed by atoms with van der Waals surface area (Å²) in [4.78, 5) is 11.0. The number of aryl methyl sites for hydroxylation is 1. The van der Waals surface area contributed by atoms with Crippen molar-refractivity contribution in [3.8, 4) is 6.07 Å². The van der Waals surface area contributed by atoms with Crippen molar-refractivity contribution < 1.29 is 4.79 Å². The van der Waals surface area contributed by atoms with Gasteiger partial charge in [-0.05, 0) is 31.0 Å². The zero-order valence-corrected chi connectivity index (χ0v) is 10.3. The second-order valence-electron chi connectivity index (χ2n) is 3.56. The van der Waals surface area contributed by atoms with Crippen molar-refractivity contribution in [3.05, 3.63) is 33.8 Å². The lowest BCUT2D eigenvalue weighted by Gasteiger charge is -2.12. The number of benzene rings is 1. The smallest absolute Gasteiger partial charge is 0.131 e. The van der Waals surface area contributed by atoms with Crippen LogP contribution in [-0.4, -0.2) is 5.78 Å². The van der Waals surface area contributed by atoms with Crippen molar-refractivity contribution in [2.24, 2.45) is 0 Å². The Balaban J connectivity index is 3.13. The number of ketones is 1. The molecule has 0 aliphatic carbocycles. The second-order valence-corrected chi connectivity index (χ2v) is 4.41. The normalized spacial score (nSPS) is 11.9. The van der Waals surface area contributed by atoms with Crippen LogP contribution in [0.25, 0.3) is 0 Å². The van der Waals surface area contributed by atoms with Crippen LogP contribution in [0, 0.1) is 18.3 Å². The zero-order chi connectivity index (χ0) is 11.4. The van der Waals surface area contributed by atoms with Crippen LogP contribution >= 0.6 is 15.9 Å². The highest BCUT2D eigenvalue weighted by Crippen LogP contribution is 2.30. The lowest BCUT2D eigenvalue weighted by atomic mass is 9.92. The van der Waals surface area contributed by atoms with Gasteiger partial charge in [0.15, 0.2) is 0 Å². The van der Waals surface area contributed by atoms with E-state index in [2.05, 4.69) is 22.0 Å². The number of hydrogen-bond donors (Lipinski definition) is 0. The first-order valence-corrected chi connectivity index (χ1v) is 5.49. The second kappa shape index (κ2) is 5.09. The summed E-state index contributed by atoms with van der Waals surface area (Å²) in [5, 5.41) is 9.05. The van der Waals surface area contributed by atoms with E-state index in [1.807, 2.05) is 25.1 Å². The van der Waals surface area contributed by atoms with Gasteiger partial charge in [0, 0.05) is 10.9 Å². The standard InChI is InChI=1S/C12H12BrNO/c1-8-4-3-5-11(13)12(8)10(7-14)6-9(2)15/h3-5,10H,6H2,1-2H3. The van der Waals surface area contributed by atoms with Crippen LogP contribution in [-0.2, 0) is 4.79 Å². The van der Waals surface area contributed by atoms with Gasteiger partial charge < -0.3 is 0 Å². The van der Waals surface area contributed by atoms with E-state index in [1.54, 1.807) is 0 Å². The molecule has 1 rings (SSSR count). The molecular weight excluding hydrogens is 254 g/mol. The molecule has 3 heteroatoms. The van der Waals surface area contributed by atoms with Crippen molar-refractivity contribution in [2.75, 3.05) is 0 Å². The molecule has 0 aliphatic rings. The number of nitriles is 1. The van der Waals surface area contributed by atoms with Gasteiger partial charge in [-0.1, -0.05) is 28.1 Å². The number of hydrogen-bond acceptors (Lipinski definition) is 2. The molecule has 0 saturated carbocycles. The number of halogens is 1. The molecule has 0 amide bonds. The summed E-state index contributed by atoms with van der Waals surface area (Å²) >= 11 is 3.42. The third-order valence-corrected chi connectivity index (χ3v) is 2.96. The first kappa shape index (κ1) is 11.9. The number of carbonyl (C=O) groups excluding carboxylic acids is 1. The minimum atomic E-state index is -0.349. The maximum Gasteiger partial charge on any atom is 0.131 e. The highest BCUT2D eigenvalue weighted by Gasteiger charge is 2.17. The molecule has 15 heavy (non-hydrogen) atoms. The van der Waals surface area contributed by atoms with Gasteiger partial charge in [-0.15, -0.1) is 0 Å². The maximum absolute atomic E-state index is 11.0. The Morgan fingerprint density at radius 3 is 2.73 bits per heavy atom. The highest BCUT2D eigenvalue weighted by atomic mass is 79.9. The van der Waals surface area contributed by atoms with Crippen LogP contribution in [0.15, 0.2) is 22.7 Å². The van der Waals surface area contributed by atoms with E-state index in [-0.39, 0.29) is 18.1 Å². The summed E-state index contributed by atoms with van der Waals surface area (Å²) in [6.07, 6.45) is 0.278. The van der Waals surface area contributed by atoms with Crippen molar-refractivity contribution in [3.63, 3.8) is 0 Å². The van der Waals surface area contributed by atoms with Crippen LogP contribution in [0.4, 0.5) is 0 Å². The molecule has 0 aliphatic heterocycles. The Labute approximate surface area is 98.0 Å². The number of carbonyl (C=O) groups is 1. The summed E-state index contributed by atoms with van der Waals surface area (Å²) in [7, 11) is 0. The van der Waals surface area contributed by atoms with E-state index >= 15 is 0 Å². The largest absolute Gasteiger partial charge is 0.300 e. The first-order valence-electron chi connectivity index (χ1n) is 4.70. The van der Waals surface area contributed by atoms with E-state index in [0.29, 0.717) is 0 Å². The predicted octanol–water partition coefficient (Wildman–Crippen LogP) is 3.34. The van der Waals surface area contributed by atoms with Crippen LogP contribution in [0.3, 0.4) is 0 Å². The summed E-state index contributed by atoms with van der Waals surface area (Å²) < 4.78 is 0.898. The Morgan fingerprint density at radius 1 is 1.60 bits per heavy atom. The fourth-order valence-corrected chi connectivity index (χ4v) is 2.33. The molecular formula is C12H12BrNO. The van der Waals surface area contributed by atoms with E-state index < -0.39 is 0 Å². The minimum absolute atomic E-state index is 0.0386. The lowest BCUT2D eigenvalue weighted by molar-refractivity contribution is -0.117. The predicted molar refractivity (Wildman–Crippen MR) is 62.5 cm³/mol. The van der Waals surface area contributed by atoms with Gasteiger partial charge in [0.25, 0.3) is 0 Å². The molecule has 0 N–H and O–H groups in total. The first-order chi connectivity index (χ1) is 7.06. The average molecular weight is 266 g/mol. The van der Waals surface area contributed by atoms with Crippen LogP contribution in [0.1, 0.15) is 30.4 Å².